The lowest BCUT2D eigenvalue weighted by Crippen LogP contribution is -2.49. The molecule has 3 amide bonds. The predicted octanol–water partition coefficient (Wildman–Crippen LogP) is 3.76. The summed E-state index contributed by atoms with van der Waals surface area (Å²) in [6.07, 6.45) is 1.45. The highest BCUT2D eigenvalue weighted by molar-refractivity contribution is 5.91. The fraction of sp³-hybridized carbons (Fsp3) is 0.417. The third-order valence-electron chi connectivity index (χ3n) is 5.77. The summed E-state index contributed by atoms with van der Waals surface area (Å²) in [5, 5.41) is 2.99. The molecule has 0 aromatic heterocycles. The van der Waals surface area contributed by atoms with Crippen LogP contribution in [0.3, 0.4) is 0 Å². The van der Waals surface area contributed by atoms with Gasteiger partial charge < -0.3 is 29.3 Å². The number of benzene rings is 2. The van der Waals surface area contributed by atoms with Crippen LogP contribution in [0.15, 0.2) is 42.5 Å². The number of carbonyl (C=O) groups is 2. The van der Waals surface area contributed by atoms with Gasteiger partial charge in [0.15, 0.2) is 0 Å². The van der Waals surface area contributed by atoms with Crippen molar-refractivity contribution in [1.29, 1.82) is 0 Å². The van der Waals surface area contributed by atoms with Crippen LogP contribution < -0.4 is 19.5 Å². The van der Waals surface area contributed by atoms with Crippen LogP contribution in [0.1, 0.15) is 25.3 Å². The molecule has 0 bridgehead atoms. The van der Waals surface area contributed by atoms with Gasteiger partial charge in [-0.15, -0.1) is 0 Å². The van der Waals surface area contributed by atoms with Crippen molar-refractivity contribution in [2.45, 2.75) is 32.4 Å². The highest BCUT2D eigenvalue weighted by Gasteiger charge is 2.29. The Kier molecular flexibility index (Phi) is 7.81. The summed E-state index contributed by atoms with van der Waals surface area (Å²) in [5.74, 6) is 2.00. The second-order valence-corrected chi connectivity index (χ2v) is 7.71. The molecule has 1 aliphatic heterocycles. The largest absolute Gasteiger partial charge is 0.497 e. The minimum atomic E-state index is -0.217. The molecular formula is C24H31N3O5. The second kappa shape index (κ2) is 10.7. The first kappa shape index (κ1) is 23.2. The molecule has 172 valence electrons. The van der Waals surface area contributed by atoms with Gasteiger partial charge in [0, 0.05) is 38.7 Å². The molecule has 3 rings (SSSR count). The molecule has 1 fully saturated rings. The highest BCUT2D eigenvalue weighted by atomic mass is 16.5. The number of hydrogen-bond acceptors (Lipinski definition) is 5. The van der Waals surface area contributed by atoms with Gasteiger partial charge in [0.2, 0.25) is 5.91 Å². The van der Waals surface area contributed by atoms with Gasteiger partial charge in [0.25, 0.3) is 0 Å². The fourth-order valence-electron chi connectivity index (χ4n) is 3.88. The number of carbonyl (C=O) groups excluding carboxylic acids is 2. The Morgan fingerprint density at radius 2 is 1.59 bits per heavy atom. The molecule has 8 nitrogen and oxygen atoms in total. The minimum absolute atomic E-state index is 0.0111. The first-order valence-electron chi connectivity index (χ1n) is 10.6. The van der Waals surface area contributed by atoms with Gasteiger partial charge in [0.1, 0.15) is 17.2 Å². The molecule has 1 saturated heterocycles. The zero-order chi connectivity index (χ0) is 23.1. The maximum absolute atomic E-state index is 13.4. The van der Waals surface area contributed by atoms with E-state index in [0.717, 1.165) is 24.2 Å². The monoisotopic (exact) mass is 441 g/mol. The van der Waals surface area contributed by atoms with Crippen LogP contribution in [0.25, 0.3) is 0 Å². The number of amides is 3. The first-order valence-corrected chi connectivity index (χ1v) is 10.6. The molecular weight excluding hydrogens is 410 g/mol. The smallest absolute Gasteiger partial charge is 0.322 e. The van der Waals surface area contributed by atoms with Crippen LogP contribution in [-0.2, 0) is 11.3 Å². The number of rotatable bonds is 7. The summed E-state index contributed by atoms with van der Waals surface area (Å²) in [6, 6.07) is 12.7. The predicted molar refractivity (Wildman–Crippen MR) is 122 cm³/mol. The standard InChI is InChI=1S/C24H31N3O5/c1-17(28)26-13-11-19(12-14-26)27(16-18-5-7-20(30-2)8-6-18)24(29)25-22-10-9-21(31-3)15-23(22)32-4/h5-10,15,19H,11-14,16H2,1-4H3,(H,25,29). The van der Waals surface area contributed by atoms with Crippen molar-refractivity contribution in [3.8, 4) is 17.2 Å². The molecule has 1 N–H and O–H groups in total. The van der Waals surface area contributed by atoms with Crippen molar-refractivity contribution < 1.29 is 23.8 Å². The van der Waals surface area contributed by atoms with Crippen molar-refractivity contribution >= 4 is 17.6 Å². The Morgan fingerprint density at radius 3 is 2.16 bits per heavy atom. The topological polar surface area (TPSA) is 80.3 Å². The summed E-state index contributed by atoms with van der Waals surface area (Å²) in [6.45, 7) is 3.30. The Morgan fingerprint density at radius 1 is 0.969 bits per heavy atom. The normalized spacial score (nSPS) is 13.9. The third-order valence-corrected chi connectivity index (χ3v) is 5.77. The number of nitrogens with zero attached hydrogens (tertiary/aromatic N) is 2. The van der Waals surface area contributed by atoms with Gasteiger partial charge in [-0.2, -0.15) is 0 Å². The zero-order valence-electron chi connectivity index (χ0n) is 19.1. The van der Waals surface area contributed by atoms with Gasteiger partial charge >= 0.3 is 6.03 Å². The average Bonchev–Trinajstić information content (AvgIpc) is 2.83. The van der Waals surface area contributed by atoms with Gasteiger partial charge in [-0.05, 0) is 42.7 Å². The van der Waals surface area contributed by atoms with Gasteiger partial charge in [0.05, 0.1) is 27.0 Å². The average molecular weight is 442 g/mol. The van der Waals surface area contributed by atoms with E-state index in [1.54, 1.807) is 46.5 Å². The maximum Gasteiger partial charge on any atom is 0.322 e. The van der Waals surface area contributed by atoms with Crippen LogP contribution in [0.4, 0.5) is 10.5 Å². The summed E-state index contributed by atoms with van der Waals surface area (Å²) >= 11 is 0. The van der Waals surface area contributed by atoms with Crippen LogP contribution in [0.5, 0.6) is 17.2 Å². The Labute approximate surface area is 189 Å². The van der Waals surface area contributed by atoms with E-state index < -0.39 is 0 Å². The number of piperidine rings is 1. The lowest BCUT2D eigenvalue weighted by atomic mass is 10.0. The Balaban J connectivity index is 1.80. The molecule has 0 radical (unpaired) electrons. The molecule has 0 saturated carbocycles. The number of urea groups is 1. The van der Waals surface area contributed by atoms with E-state index in [0.29, 0.717) is 36.8 Å². The van der Waals surface area contributed by atoms with Crippen molar-refractivity contribution in [1.82, 2.24) is 9.80 Å². The lowest BCUT2D eigenvalue weighted by Gasteiger charge is -2.38. The van der Waals surface area contributed by atoms with E-state index in [2.05, 4.69) is 5.32 Å². The van der Waals surface area contributed by atoms with E-state index in [1.165, 1.54) is 0 Å². The fourth-order valence-corrected chi connectivity index (χ4v) is 3.88. The SMILES string of the molecule is COc1ccc(CN(C(=O)Nc2ccc(OC)cc2OC)C2CCN(C(C)=O)CC2)cc1. The van der Waals surface area contributed by atoms with Gasteiger partial charge in [-0.3, -0.25) is 4.79 Å². The molecule has 2 aromatic rings. The molecule has 1 heterocycles. The van der Waals surface area contributed by atoms with Crippen LogP contribution in [0, 0.1) is 0 Å². The number of methoxy groups -OCH3 is 3. The molecule has 0 atom stereocenters. The zero-order valence-corrected chi connectivity index (χ0v) is 19.1. The van der Waals surface area contributed by atoms with Crippen molar-refractivity contribution in [2.75, 3.05) is 39.7 Å². The minimum Gasteiger partial charge on any atom is -0.497 e. The first-order chi connectivity index (χ1) is 15.4. The number of likely N-dealkylation sites (tertiary alicyclic amines) is 1. The molecule has 1 aliphatic rings. The van der Waals surface area contributed by atoms with Crippen LogP contribution in [0.2, 0.25) is 0 Å². The van der Waals surface area contributed by atoms with Crippen molar-refractivity contribution in [2.24, 2.45) is 0 Å². The molecule has 0 unspecified atom stereocenters. The maximum atomic E-state index is 13.4. The van der Waals surface area contributed by atoms with E-state index in [1.807, 2.05) is 34.1 Å². The molecule has 0 spiro atoms. The number of nitrogens with one attached hydrogen (secondary N) is 1. The van der Waals surface area contributed by atoms with E-state index in [4.69, 9.17) is 14.2 Å². The summed E-state index contributed by atoms with van der Waals surface area (Å²) in [4.78, 5) is 28.8. The van der Waals surface area contributed by atoms with Crippen LogP contribution >= 0.6 is 0 Å². The van der Waals surface area contributed by atoms with Gasteiger partial charge in [-0.25, -0.2) is 4.79 Å². The summed E-state index contributed by atoms with van der Waals surface area (Å²) in [7, 11) is 4.76. The van der Waals surface area contributed by atoms with E-state index in [9.17, 15) is 9.59 Å². The quantitative estimate of drug-likeness (QED) is 0.708. The number of hydrogen-bond donors (Lipinski definition) is 1. The Bertz CT molecular complexity index is 924. The third kappa shape index (κ3) is 5.63. The van der Waals surface area contributed by atoms with Crippen LogP contribution in [-0.4, -0.2) is 62.2 Å². The summed E-state index contributed by atoms with van der Waals surface area (Å²) < 4.78 is 15.9. The lowest BCUT2D eigenvalue weighted by molar-refractivity contribution is -0.130. The molecule has 8 heteroatoms. The molecule has 32 heavy (non-hydrogen) atoms. The number of anilines is 1. The van der Waals surface area contributed by atoms with Crippen molar-refractivity contribution in [3.63, 3.8) is 0 Å². The van der Waals surface area contributed by atoms with E-state index in [-0.39, 0.29) is 18.0 Å². The van der Waals surface area contributed by atoms with E-state index >= 15 is 0 Å². The number of ether oxygens (including phenoxy) is 3. The Hall–Kier alpha value is -3.42. The van der Waals surface area contributed by atoms with Crippen molar-refractivity contribution in [3.05, 3.63) is 48.0 Å². The highest BCUT2D eigenvalue weighted by Crippen LogP contribution is 2.30. The summed E-state index contributed by atoms with van der Waals surface area (Å²) in [5.41, 5.74) is 1.57. The van der Waals surface area contributed by atoms with Gasteiger partial charge in [-0.1, -0.05) is 12.1 Å². The second-order valence-electron chi connectivity index (χ2n) is 7.71. The molecule has 2 aromatic carbocycles. The molecule has 0 aliphatic carbocycles.